The number of hydrogen-bond acceptors (Lipinski definition) is 6. The Morgan fingerprint density at radius 2 is 1.82 bits per heavy atom. The summed E-state index contributed by atoms with van der Waals surface area (Å²) in [4.78, 5) is 16.8. The van der Waals surface area contributed by atoms with Gasteiger partial charge in [0.05, 0.1) is 40.6 Å². The maximum absolute atomic E-state index is 12.3. The lowest BCUT2D eigenvalue weighted by atomic mass is 9.93. The van der Waals surface area contributed by atoms with Gasteiger partial charge in [0.25, 0.3) is 5.91 Å². The maximum Gasteiger partial charge on any atom is 0.251 e. The molecule has 3 N–H and O–H groups in total. The van der Waals surface area contributed by atoms with E-state index in [1.54, 1.807) is 43.3 Å². The van der Waals surface area contributed by atoms with Crippen LogP contribution < -0.4 is 10.2 Å². The molecule has 1 fully saturated rings. The van der Waals surface area contributed by atoms with Crippen molar-refractivity contribution >= 4 is 34.8 Å². The molecule has 0 saturated carbocycles. The molecule has 1 unspecified atom stereocenters. The number of anilines is 1. The first kappa shape index (κ1) is 27.9. The molecule has 9 heteroatoms. The van der Waals surface area contributed by atoms with Crippen molar-refractivity contribution in [3.63, 3.8) is 0 Å². The molecule has 198 valence electrons. The number of carbonyl (C=O) groups excluding carboxylic acids is 1. The van der Waals surface area contributed by atoms with Gasteiger partial charge in [-0.3, -0.25) is 9.69 Å². The zero-order valence-electron chi connectivity index (χ0n) is 21.1. The molecule has 3 aromatic rings. The Morgan fingerprint density at radius 1 is 1.11 bits per heavy atom. The predicted molar refractivity (Wildman–Crippen MR) is 150 cm³/mol. The highest BCUT2D eigenvalue weighted by Gasteiger charge is 2.34. The molecule has 0 spiro atoms. The zero-order valence-corrected chi connectivity index (χ0v) is 22.6. The minimum atomic E-state index is -1.11. The van der Waals surface area contributed by atoms with E-state index in [-0.39, 0.29) is 25.1 Å². The number of nitrogens with one attached hydrogen (secondary N) is 1. The van der Waals surface area contributed by atoms with Crippen LogP contribution in [0.1, 0.15) is 40.0 Å². The lowest BCUT2D eigenvalue weighted by Crippen LogP contribution is -2.52. The number of carbonyl (C=O) groups is 1. The summed E-state index contributed by atoms with van der Waals surface area (Å²) in [6.45, 7) is 4.19. The van der Waals surface area contributed by atoms with Gasteiger partial charge in [-0.15, -0.1) is 0 Å². The van der Waals surface area contributed by atoms with Gasteiger partial charge < -0.3 is 20.4 Å². The Balaban J connectivity index is 1.58. The number of hydrogen-bond donors (Lipinski definition) is 3. The summed E-state index contributed by atoms with van der Waals surface area (Å²) < 4.78 is 0. The molecule has 7 nitrogen and oxygen atoms in total. The largest absolute Gasteiger partial charge is 0.395 e. The summed E-state index contributed by atoms with van der Waals surface area (Å²) in [6, 6.07) is 22.0. The van der Waals surface area contributed by atoms with Gasteiger partial charge >= 0.3 is 0 Å². The van der Waals surface area contributed by atoms with Gasteiger partial charge in [-0.25, -0.2) is 0 Å². The van der Waals surface area contributed by atoms with Crippen LogP contribution in [0.4, 0.5) is 5.69 Å². The summed E-state index contributed by atoms with van der Waals surface area (Å²) in [5, 5.41) is 33.1. The molecule has 1 aliphatic rings. The van der Waals surface area contributed by atoms with Crippen molar-refractivity contribution in [3.05, 3.63) is 99.0 Å². The Morgan fingerprint density at radius 3 is 2.45 bits per heavy atom. The molecule has 1 saturated heterocycles. The van der Waals surface area contributed by atoms with E-state index in [0.717, 1.165) is 16.8 Å². The number of piperazine rings is 1. The predicted octanol–water partition coefficient (Wildman–Crippen LogP) is 4.36. The fraction of sp³-hybridized carbons (Fsp3) is 0.310. The molecule has 1 aliphatic heterocycles. The highest BCUT2D eigenvalue weighted by atomic mass is 35.5. The zero-order chi connectivity index (χ0) is 27.3. The van der Waals surface area contributed by atoms with Crippen molar-refractivity contribution in [1.82, 2.24) is 10.2 Å². The number of rotatable bonds is 8. The molecule has 1 heterocycles. The fourth-order valence-corrected chi connectivity index (χ4v) is 5.24. The molecule has 4 rings (SSSR count). The molecule has 38 heavy (non-hydrogen) atoms. The maximum atomic E-state index is 12.3. The fourth-order valence-electron chi connectivity index (χ4n) is 4.82. The Bertz CT molecular complexity index is 1310. The third-order valence-corrected chi connectivity index (χ3v) is 7.36. The second-order valence-electron chi connectivity index (χ2n) is 9.60. The number of aliphatic hydroxyl groups is 2. The van der Waals surface area contributed by atoms with E-state index >= 15 is 0 Å². The van der Waals surface area contributed by atoms with Crippen LogP contribution in [0.25, 0.3) is 0 Å². The van der Waals surface area contributed by atoms with Gasteiger partial charge in [-0.2, -0.15) is 5.26 Å². The van der Waals surface area contributed by atoms with Crippen molar-refractivity contribution in [2.45, 2.75) is 18.6 Å². The highest BCUT2D eigenvalue weighted by molar-refractivity contribution is 6.33. The monoisotopic (exact) mass is 552 g/mol. The normalized spacial score (nSPS) is 17.5. The van der Waals surface area contributed by atoms with Crippen molar-refractivity contribution in [2.75, 3.05) is 44.2 Å². The van der Waals surface area contributed by atoms with Crippen LogP contribution >= 0.6 is 23.2 Å². The van der Waals surface area contributed by atoms with Crippen molar-refractivity contribution in [3.8, 4) is 6.07 Å². The SMILES string of the molecule is C[C@@](O)(CN1CCN(c2ccc(C(=O)NCCO)cc2Cl)C(c2ccc(Cl)cc2)C1)c1ccc(C#N)cc1. The second-order valence-corrected chi connectivity index (χ2v) is 10.4. The average molecular weight is 553 g/mol. The van der Waals surface area contributed by atoms with Gasteiger partial charge in [0, 0.05) is 43.3 Å². The number of amides is 1. The Hall–Kier alpha value is -3.12. The summed E-state index contributed by atoms with van der Waals surface area (Å²) in [5.41, 5.74) is 2.48. The first-order valence-corrected chi connectivity index (χ1v) is 13.1. The number of benzene rings is 3. The van der Waals surface area contributed by atoms with Crippen LogP contribution in [-0.2, 0) is 5.60 Å². The van der Waals surface area contributed by atoms with E-state index in [2.05, 4.69) is 21.2 Å². The topological polar surface area (TPSA) is 99.8 Å². The van der Waals surface area contributed by atoms with Crippen LogP contribution in [0.3, 0.4) is 0 Å². The van der Waals surface area contributed by atoms with Crippen molar-refractivity contribution in [1.29, 1.82) is 5.26 Å². The standard InChI is InChI=1S/C29H30Cl2N4O3/c1-29(38,23-7-2-20(17-32)3-8-23)19-34-13-14-35(27(18-34)21-4-9-24(30)10-5-21)26-11-6-22(16-25(26)31)28(37)33-12-15-36/h2-11,16,27,36,38H,12-15,18-19H2,1H3,(H,33,37)/t27?,29-/m1/s1. The minimum absolute atomic E-state index is 0.0793. The Kier molecular flexibility index (Phi) is 8.93. The Labute approximate surface area is 232 Å². The highest BCUT2D eigenvalue weighted by Crippen LogP contribution is 2.37. The van der Waals surface area contributed by atoms with Gasteiger partial charge in [0.1, 0.15) is 0 Å². The molecule has 0 bridgehead atoms. The van der Waals surface area contributed by atoms with Gasteiger partial charge in [0.15, 0.2) is 0 Å². The van der Waals surface area contributed by atoms with Crippen LogP contribution in [0, 0.1) is 11.3 Å². The van der Waals surface area contributed by atoms with E-state index in [1.165, 1.54) is 0 Å². The molecule has 0 radical (unpaired) electrons. The van der Waals surface area contributed by atoms with Crippen LogP contribution in [0.15, 0.2) is 66.7 Å². The van der Waals surface area contributed by atoms with E-state index in [9.17, 15) is 9.90 Å². The van der Waals surface area contributed by atoms with Gasteiger partial charge in [-0.1, -0.05) is 47.5 Å². The van der Waals surface area contributed by atoms with E-state index in [0.29, 0.717) is 47.4 Å². The van der Waals surface area contributed by atoms with E-state index in [4.69, 9.17) is 33.6 Å². The van der Waals surface area contributed by atoms with Crippen molar-refractivity contribution in [2.24, 2.45) is 0 Å². The first-order chi connectivity index (χ1) is 18.2. The summed E-state index contributed by atoms with van der Waals surface area (Å²) >= 11 is 12.9. The number of β-amino-alcohol motifs (C(OH)–C–C–N with tert-alkyl or cyclic N) is 1. The van der Waals surface area contributed by atoms with Crippen LogP contribution in [-0.4, -0.2) is 60.4 Å². The quantitative estimate of drug-likeness (QED) is 0.384. The summed E-state index contributed by atoms with van der Waals surface area (Å²) in [5.74, 6) is -0.295. The molecule has 2 atom stereocenters. The molecular weight excluding hydrogens is 523 g/mol. The van der Waals surface area contributed by atoms with Crippen molar-refractivity contribution < 1.29 is 15.0 Å². The molecule has 0 aromatic heterocycles. The van der Waals surface area contributed by atoms with Gasteiger partial charge in [-0.05, 0) is 60.5 Å². The van der Waals surface area contributed by atoms with Crippen LogP contribution in [0.5, 0.6) is 0 Å². The minimum Gasteiger partial charge on any atom is -0.395 e. The summed E-state index contributed by atoms with van der Waals surface area (Å²) in [7, 11) is 0. The number of nitrogens with zero attached hydrogens (tertiary/aromatic N) is 3. The van der Waals surface area contributed by atoms with E-state index in [1.807, 2.05) is 30.3 Å². The lowest BCUT2D eigenvalue weighted by Gasteiger charge is -2.45. The number of halogens is 2. The molecular formula is C29H30Cl2N4O3. The smallest absolute Gasteiger partial charge is 0.251 e. The molecule has 0 aliphatic carbocycles. The van der Waals surface area contributed by atoms with Crippen LogP contribution in [0.2, 0.25) is 10.0 Å². The number of nitriles is 1. The third-order valence-electron chi connectivity index (χ3n) is 6.80. The molecule has 1 amide bonds. The number of aliphatic hydroxyl groups excluding tert-OH is 1. The lowest BCUT2D eigenvalue weighted by molar-refractivity contribution is 0.0103. The third kappa shape index (κ3) is 6.47. The molecule has 3 aromatic carbocycles. The second kappa shape index (κ2) is 12.2. The van der Waals surface area contributed by atoms with Gasteiger partial charge in [0.2, 0.25) is 0 Å². The van der Waals surface area contributed by atoms with E-state index < -0.39 is 5.60 Å². The average Bonchev–Trinajstić information content (AvgIpc) is 2.92. The summed E-state index contributed by atoms with van der Waals surface area (Å²) in [6.07, 6.45) is 0. The first-order valence-electron chi connectivity index (χ1n) is 12.4.